The third-order valence-corrected chi connectivity index (χ3v) is 6.81. The second kappa shape index (κ2) is 10.5. The summed E-state index contributed by atoms with van der Waals surface area (Å²) in [6.07, 6.45) is 2.28. The van der Waals surface area contributed by atoms with Crippen LogP contribution in [0.4, 0.5) is 5.00 Å². The van der Waals surface area contributed by atoms with E-state index < -0.39 is 10.2 Å². The zero-order valence-corrected chi connectivity index (χ0v) is 20.5. The van der Waals surface area contributed by atoms with Gasteiger partial charge in [0, 0.05) is 29.7 Å². The summed E-state index contributed by atoms with van der Waals surface area (Å²) in [5.41, 5.74) is 3.74. The summed E-state index contributed by atoms with van der Waals surface area (Å²) >= 11 is 5.34. The van der Waals surface area contributed by atoms with Crippen molar-refractivity contribution >= 4 is 43.2 Å². The average molecular weight is 552 g/mol. The molecule has 0 N–H and O–H groups in total. The van der Waals surface area contributed by atoms with E-state index in [2.05, 4.69) is 97.7 Å². The van der Waals surface area contributed by atoms with Crippen molar-refractivity contribution < 1.29 is 37.6 Å². The number of hydrogen-bond donors (Lipinski definition) is 0. The summed E-state index contributed by atoms with van der Waals surface area (Å²) in [6.45, 7) is 3.42. The van der Waals surface area contributed by atoms with Gasteiger partial charge in [0.25, 0.3) is 0 Å². The summed E-state index contributed by atoms with van der Waals surface area (Å²) in [6, 6.07) is 23.7. The minimum Gasteiger partial charge on any atom is -0.378 e. The number of benzene rings is 3. The smallest absolute Gasteiger partial charge is 0.225 e. The normalized spacial score (nSPS) is 14.2. The zero-order chi connectivity index (χ0) is 23.4. The first-order chi connectivity index (χ1) is 15.8. The van der Waals surface area contributed by atoms with Crippen molar-refractivity contribution in [1.29, 1.82) is 0 Å². The third-order valence-electron chi connectivity index (χ3n) is 5.12. The van der Waals surface area contributed by atoms with Crippen molar-refractivity contribution in [2.24, 2.45) is 0 Å². The second-order valence-electron chi connectivity index (χ2n) is 7.25. The number of morpholine rings is 1. The van der Waals surface area contributed by atoms with Gasteiger partial charge in [0.15, 0.2) is 16.5 Å². The van der Waals surface area contributed by atoms with Crippen molar-refractivity contribution in [3.63, 3.8) is 0 Å². The molecule has 0 saturated carbocycles. The molecule has 0 bridgehead atoms. The molecule has 0 radical (unpaired) electrons. The number of anilines is 1. The molecule has 1 aromatic heterocycles. The predicted octanol–water partition coefficient (Wildman–Crippen LogP) is 0.688. The van der Waals surface area contributed by atoms with E-state index >= 15 is 0 Å². The van der Waals surface area contributed by atoms with E-state index in [0.29, 0.717) is 0 Å². The van der Waals surface area contributed by atoms with Gasteiger partial charge in [-0.05, 0) is 28.5 Å². The van der Waals surface area contributed by atoms with Gasteiger partial charge in [0.05, 0.1) is 18.8 Å². The van der Waals surface area contributed by atoms with E-state index in [4.69, 9.17) is 23.4 Å². The molecule has 0 atom stereocenters. The first kappa shape index (κ1) is 24.1. The molecule has 0 amide bonds. The van der Waals surface area contributed by atoms with Crippen LogP contribution in [-0.4, -0.2) is 26.3 Å². The summed E-state index contributed by atoms with van der Waals surface area (Å²) in [5.74, 6) is 0. The van der Waals surface area contributed by atoms with Crippen LogP contribution < -0.4 is 27.5 Å². The number of halogens is 2. The van der Waals surface area contributed by atoms with Gasteiger partial charge in [-0.3, -0.25) is 0 Å². The molecule has 10 heteroatoms. The lowest BCUT2D eigenvalue weighted by molar-refractivity contribution is -2.00. The van der Waals surface area contributed by atoms with Crippen LogP contribution in [0.3, 0.4) is 0 Å². The monoisotopic (exact) mass is 550 g/mol. The van der Waals surface area contributed by atoms with Crippen LogP contribution in [0.25, 0.3) is 27.6 Å². The Morgan fingerprint density at radius 2 is 1.48 bits per heavy atom. The van der Waals surface area contributed by atoms with Gasteiger partial charge in [-0.2, -0.15) is 0 Å². The largest absolute Gasteiger partial charge is 0.378 e. The fraction of sp³-hybridized carbons (Fsp3) is 0.174. The second-order valence-corrected chi connectivity index (χ2v) is 9.88. The molecule has 1 saturated heterocycles. The minimum atomic E-state index is -4.94. The Morgan fingerprint density at radius 3 is 2.18 bits per heavy atom. The Labute approximate surface area is 205 Å². The average Bonchev–Trinajstić information content (AvgIpc) is 3.24. The van der Waals surface area contributed by atoms with Crippen LogP contribution in [0.15, 0.2) is 77.4 Å². The molecule has 0 unspecified atom stereocenters. The van der Waals surface area contributed by atoms with Gasteiger partial charge in [0.2, 0.25) is 11.9 Å². The van der Waals surface area contributed by atoms with Gasteiger partial charge >= 0.3 is 0 Å². The quantitative estimate of drug-likeness (QED) is 0.347. The Hall–Kier alpha value is -2.08. The molecule has 5 rings (SSSR count). The van der Waals surface area contributed by atoms with Crippen LogP contribution in [0, 0.1) is 10.2 Å². The van der Waals surface area contributed by atoms with E-state index in [-0.39, 0.29) is 0 Å². The molecule has 1 aliphatic heterocycles. The lowest BCUT2D eigenvalue weighted by Crippen LogP contribution is -2.68. The summed E-state index contributed by atoms with van der Waals surface area (Å²) in [7, 11) is -4.94. The van der Waals surface area contributed by atoms with Gasteiger partial charge in [-0.1, -0.05) is 62.4 Å². The van der Waals surface area contributed by atoms with Gasteiger partial charge in [0.1, 0.15) is 0 Å². The maximum atomic E-state index is 8.49. The highest BCUT2D eigenvalue weighted by Gasteiger charge is 2.26. The number of fused-ring (bicyclic) bond motifs is 1. The van der Waals surface area contributed by atoms with Gasteiger partial charge < -0.3 is 9.64 Å². The molecule has 0 spiro atoms. The summed E-state index contributed by atoms with van der Waals surface area (Å²) < 4.78 is 42.9. The van der Waals surface area contributed by atoms with E-state index in [0.717, 1.165) is 30.8 Å². The standard InChI is InChI=1S/C23H20BrN2OS.ClHO4/c24-18-8-10-19(11-9-18)26-16-22(23(28-26)25-12-14-27-15-13-25)21-7-3-5-17-4-1-2-6-20(17)21;2-1(3,4)5/h1-11,16H,12-15H2;(H,2,3,4,5)/q+1;/p-1. The van der Waals surface area contributed by atoms with Crippen LogP contribution in [-0.2, 0) is 4.74 Å². The highest BCUT2D eigenvalue weighted by atomic mass is 79.9. The molecule has 2 heterocycles. The van der Waals surface area contributed by atoms with Crippen LogP contribution in [0.5, 0.6) is 0 Å². The third kappa shape index (κ3) is 6.28. The number of aromatic nitrogens is 1. The van der Waals surface area contributed by atoms with Crippen molar-refractivity contribution in [1.82, 2.24) is 0 Å². The number of hydrogen-bond acceptors (Lipinski definition) is 7. The Bertz CT molecular complexity index is 1210. The summed E-state index contributed by atoms with van der Waals surface area (Å²) in [5, 5.41) is 3.87. The first-order valence-corrected chi connectivity index (χ1v) is 12.8. The number of ether oxygens (including phenoxy) is 1. The van der Waals surface area contributed by atoms with E-state index in [1.165, 1.54) is 32.6 Å². The summed E-state index contributed by atoms with van der Waals surface area (Å²) in [4.78, 5) is 2.46. The molecule has 33 heavy (non-hydrogen) atoms. The van der Waals surface area contributed by atoms with Crippen molar-refractivity contribution in [2.45, 2.75) is 0 Å². The molecular weight excluding hydrogens is 532 g/mol. The molecule has 3 aromatic carbocycles. The molecule has 0 aliphatic carbocycles. The highest BCUT2D eigenvalue weighted by molar-refractivity contribution is 9.10. The maximum Gasteiger partial charge on any atom is 0.225 e. The van der Waals surface area contributed by atoms with Crippen LogP contribution in [0.1, 0.15) is 0 Å². The predicted molar refractivity (Wildman–Crippen MR) is 120 cm³/mol. The van der Waals surface area contributed by atoms with Gasteiger partial charge in [-0.15, -0.1) is 10.2 Å². The number of nitrogens with zero attached hydrogens (tertiary/aromatic N) is 2. The van der Waals surface area contributed by atoms with Crippen molar-refractivity contribution in [2.75, 3.05) is 31.2 Å². The SMILES string of the molecule is Brc1ccc(-[n+]2cc(-c3cccc4ccccc34)c(N3CCOCC3)s2)cc1.[O-][Cl+3]([O-])([O-])[O-]. The maximum absolute atomic E-state index is 8.49. The zero-order valence-electron chi connectivity index (χ0n) is 17.4. The molecular formula is C23H20BrClN2O5S. The molecule has 1 aliphatic rings. The van der Waals surface area contributed by atoms with Crippen LogP contribution in [0.2, 0.25) is 0 Å². The number of rotatable bonds is 3. The van der Waals surface area contributed by atoms with Crippen molar-refractivity contribution in [3.05, 3.63) is 77.4 Å². The Balaban J connectivity index is 0.000000471. The lowest BCUT2D eigenvalue weighted by Gasteiger charge is -2.27. The Morgan fingerprint density at radius 1 is 0.848 bits per heavy atom. The lowest BCUT2D eigenvalue weighted by atomic mass is 10.00. The fourth-order valence-electron chi connectivity index (χ4n) is 3.70. The minimum absolute atomic E-state index is 0.783. The molecule has 7 nitrogen and oxygen atoms in total. The molecule has 1 fully saturated rings. The van der Waals surface area contributed by atoms with E-state index in [1.807, 2.05) is 0 Å². The van der Waals surface area contributed by atoms with Crippen LogP contribution >= 0.6 is 27.5 Å². The molecule has 4 aromatic rings. The Kier molecular flexibility index (Phi) is 7.62. The molecule has 172 valence electrons. The van der Waals surface area contributed by atoms with E-state index in [9.17, 15) is 0 Å². The van der Waals surface area contributed by atoms with Crippen molar-refractivity contribution in [3.8, 4) is 16.8 Å². The van der Waals surface area contributed by atoms with Gasteiger partial charge in [-0.25, -0.2) is 18.6 Å². The van der Waals surface area contributed by atoms with E-state index in [1.54, 1.807) is 11.5 Å². The fourth-order valence-corrected chi connectivity index (χ4v) is 5.09. The topological polar surface area (TPSA) is 109 Å². The first-order valence-electron chi connectivity index (χ1n) is 10.0. The highest BCUT2D eigenvalue weighted by Crippen LogP contribution is 2.38.